The van der Waals surface area contributed by atoms with Crippen LogP contribution in [0.15, 0.2) is 30.3 Å². The minimum Gasteiger partial charge on any atom is -0.492 e. The Morgan fingerprint density at radius 1 is 1.00 bits per heavy atom. The molecule has 2 aromatic carbocycles. The molecule has 0 aliphatic heterocycles. The van der Waals surface area contributed by atoms with Gasteiger partial charge in [0.15, 0.2) is 11.5 Å². The second-order valence-electron chi connectivity index (χ2n) is 7.84. The van der Waals surface area contributed by atoms with Crippen LogP contribution in [0, 0.1) is 0 Å². The Bertz CT molecular complexity index is 914. The summed E-state index contributed by atoms with van der Waals surface area (Å²) in [6.45, 7) is 3.22. The molecule has 0 heterocycles. The van der Waals surface area contributed by atoms with Crippen molar-refractivity contribution in [3.05, 3.63) is 41.5 Å². The van der Waals surface area contributed by atoms with Gasteiger partial charge < -0.3 is 29.6 Å². The van der Waals surface area contributed by atoms with E-state index < -0.39 is 0 Å². The fraction of sp³-hybridized carbons (Fsp3) is 0.480. The van der Waals surface area contributed by atoms with Gasteiger partial charge in [0.25, 0.3) is 5.91 Å². The van der Waals surface area contributed by atoms with Crippen molar-refractivity contribution in [2.24, 2.45) is 5.73 Å². The van der Waals surface area contributed by atoms with Crippen LogP contribution in [0.3, 0.4) is 0 Å². The molecule has 1 amide bonds. The molecule has 33 heavy (non-hydrogen) atoms. The van der Waals surface area contributed by atoms with E-state index in [9.17, 15) is 4.79 Å². The summed E-state index contributed by atoms with van der Waals surface area (Å²) in [4.78, 5) is 15.5. The van der Waals surface area contributed by atoms with Crippen LogP contribution in [0.25, 0.3) is 0 Å². The van der Waals surface area contributed by atoms with Crippen LogP contribution >= 0.6 is 12.4 Å². The lowest BCUT2D eigenvalue weighted by Crippen LogP contribution is -2.38. The first kappa shape index (κ1) is 26.6. The average molecular weight is 479 g/mol. The van der Waals surface area contributed by atoms with E-state index in [1.165, 1.54) is 21.3 Å². The first-order valence-corrected chi connectivity index (χ1v) is 11.2. The Hall–Kier alpha value is -2.64. The van der Waals surface area contributed by atoms with Gasteiger partial charge in [-0.05, 0) is 50.4 Å². The van der Waals surface area contributed by atoms with Gasteiger partial charge >= 0.3 is 0 Å². The lowest BCUT2D eigenvalue weighted by atomic mass is 10.1. The second kappa shape index (κ2) is 12.6. The van der Waals surface area contributed by atoms with E-state index in [1.54, 1.807) is 6.07 Å². The van der Waals surface area contributed by atoms with E-state index in [1.807, 2.05) is 36.1 Å². The number of benzene rings is 2. The van der Waals surface area contributed by atoms with Gasteiger partial charge in [-0.25, -0.2) is 0 Å². The van der Waals surface area contributed by atoms with Crippen molar-refractivity contribution in [1.29, 1.82) is 0 Å². The molecule has 0 spiro atoms. The van der Waals surface area contributed by atoms with Crippen LogP contribution in [-0.2, 0) is 6.42 Å². The van der Waals surface area contributed by atoms with Crippen molar-refractivity contribution >= 4 is 18.3 Å². The molecule has 3 rings (SSSR count). The maximum absolute atomic E-state index is 13.6. The first-order valence-electron chi connectivity index (χ1n) is 11.2. The lowest BCUT2D eigenvalue weighted by molar-refractivity contribution is 0.0689. The number of nitrogens with zero attached hydrogens (tertiary/aromatic N) is 1. The second-order valence-corrected chi connectivity index (χ2v) is 7.84. The highest BCUT2D eigenvalue weighted by atomic mass is 35.5. The summed E-state index contributed by atoms with van der Waals surface area (Å²) >= 11 is 0. The van der Waals surface area contributed by atoms with Crippen molar-refractivity contribution in [2.45, 2.75) is 45.1 Å². The van der Waals surface area contributed by atoms with Gasteiger partial charge in [-0.2, -0.15) is 0 Å². The number of amides is 1. The number of carbonyl (C=O) groups excluding carboxylic acids is 1. The summed E-state index contributed by atoms with van der Waals surface area (Å²) in [7, 11) is 4.58. The maximum Gasteiger partial charge on any atom is 0.258 e. The Morgan fingerprint density at radius 2 is 1.61 bits per heavy atom. The standard InChI is InChI=1S/C25H34N2O5.ClH/c1-5-27(18-8-6-7-9-18)25(28)20-16-21(23(30-3)24(31-4)22(20)29-2)32-19-12-10-17(11-13-19)14-15-26;/h10-13,16,18H,5-9,14-15,26H2,1-4H3;1H. The summed E-state index contributed by atoms with van der Waals surface area (Å²) in [6.07, 6.45) is 5.13. The molecule has 1 saturated carbocycles. The molecule has 0 atom stereocenters. The SMILES string of the molecule is CCN(C(=O)c1cc(Oc2ccc(CCN)cc2)c(OC)c(OC)c1OC)C1CCCC1.Cl. The normalized spacial score (nSPS) is 13.2. The van der Waals surface area contributed by atoms with Crippen LogP contribution in [-0.4, -0.2) is 51.3 Å². The zero-order chi connectivity index (χ0) is 23.1. The number of ether oxygens (including phenoxy) is 4. The quantitative estimate of drug-likeness (QED) is 0.526. The molecule has 2 N–H and O–H groups in total. The predicted octanol–water partition coefficient (Wildman–Crippen LogP) is 4.83. The third-order valence-corrected chi connectivity index (χ3v) is 5.95. The van der Waals surface area contributed by atoms with E-state index in [4.69, 9.17) is 24.7 Å². The molecule has 1 aliphatic carbocycles. The van der Waals surface area contributed by atoms with E-state index in [-0.39, 0.29) is 24.4 Å². The van der Waals surface area contributed by atoms with Crippen LogP contribution in [0.1, 0.15) is 48.5 Å². The van der Waals surface area contributed by atoms with Crippen LogP contribution in [0.4, 0.5) is 0 Å². The predicted molar refractivity (Wildman–Crippen MR) is 132 cm³/mol. The summed E-state index contributed by atoms with van der Waals surface area (Å²) in [5.74, 6) is 1.96. The Kier molecular flexibility index (Phi) is 10.1. The summed E-state index contributed by atoms with van der Waals surface area (Å²) < 4.78 is 23.0. The molecule has 0 bridgehead atoms. The van der Waals surface area contributed by atoms with Gasteiger partial charge in [0.05, 0.1) is 26.9 Å². The summed E-state index contributed by atoms with van der Waals surface area (Å²) in [5.41, 5.74) is 7.16. The molecular formula is C25H35ClN2O5. The van der Waals surface area contributed by atoms with Gasteiger partial charge in [0.2, 0.25) is 11.5 Å². The van der Waals surface area contributed by atoms with Crippen molar-refractivity contribution in [3.63, 3.8) is 0 Å². The number of hydrogen-bond acceptors (Lipinski definition) is 6. The van der Waals surface area contributed by atoms with Crippen LogP contribution in [0.2, 0.25) is 0 Å². The Morgan fingerprint density at radius 3 is 2.12 bits per heavy atom. The molecule has 8 heteroatoms. The zero-order valence-electron chi connectivity index (χ0n) is 19.9. The number of nitrogens with two attached hydrogens (primary N) is 1. The Balaban J connectivity index is 0.00000385. The number of rotatable bonds is 10. The number of carbonyl (C=O) groups is 1. The molecule has 0 saturated heterocycles. The van der Waals surface area contributed by atoms with Crippen molar-refractivity contribution in [3.8, 4) is 28.7 Å². The van der Waals surface area contributed by atoms with E-state index >= 15 is 0 Å². The molecule has 0 aromatic heterocycles. The molecule has 2 aromatic rings. The van der Waals surface area contributed by atoms with Crippen molar-refractivity contribution < 1.29 is 23.7 Å². The summed E-state index contributed by atoms with van der Waals surface area (Å²) in [6, 6.07) is 9.62. The van der Waals surface area contributed by atoms with Gasteiger partial charge in [-0.15, -0.1) is 12.4 Å². The number of methoxy groups -OCH3 is 3. The topological polar surface area (TPSA) is 83.3 Å². The molecule has 0 radical (unpaired) electrons. The third kappa shape index (κ3) is 5.84. The lowest BCUT2D eigenvalue weighted by Gasteiger charge is -2.29. The molecule has 7 nitrogen and oxygen atoms in total. The third-order valence-electron chi connectivity index (χ3n) is 5.95. The molecule has 0 unspecified atom stereocenters. The molecule has 1 aliphatic rings. The van der Waals surface area contributed by atoms with E-state index in [0.717, 1.165) is 37.7 Å². The molecule has 1 fully saturated rings. The fourth-order valence-corrected chi connectivity index (χ4v) is 4.37. The largest absolute Gasteiger partial charge is 0.492 e. The molecule has 182 valence electrons. The van der Waals surface area contributed by atoms with Crippen molar-refractivity contribution in [2.75, 3.05) is 34.4 Å². The highest BCUT2D eigenvalue weighted by molar-refractivity contribution is 5.99. The van der Waals surface area contributed by atoms with Gasteiger partial charge in [0, 0.05) is 18.7 Å². The monoisotopic (exact) mass is 478 g/mol. The van der Waals surface area contributed by atoms with Gasteiger partial charge in [-0.1, -0.05) is 25.0 Å². The van der Waals surface area contributed by atoms with E-state index in [2.05, 4.69) is 0 Å². The summed E-state index contributed by atoms with van der Waals surface area (Å²) in [5, 5.41) is 0. The van der Waals surface area contributed by atoms with Gasteiger partial charge in [0.1, 0.15) is 5.75 Å². The first-order chi connectivity index (χ1) is 15.6. The minimum absolute atomic E-state index is 0. The van der Waals surface area contributed by atoms with Crippen molar-refractivity contribution in [1.82, 2.24) is 4.90 Å². The molecular weight excluding hydrogens is 444 g/mol. The smallest absolute Gasteiger partial charge is 0.258 e. The van der Waals surface area contributed by atoms with Crippen LogP contribution in [0.5, 0.6) is 28.7 Å². The van der Waals surface area contributed by atoms with Crippen LogP contribution < -0.4 is 24.7 Å². The van der Waals surface area contributed by atoms with E-state index in [0.29, 0.717) is 47.4 Å². The number of halogens is 1. The average Bonchev–Trinajstić information content (AvgIpc) is 3.34. The zero-order valence-corrected chi connectivity index (χ0v) is 20.7. The van der Waals surface area contributed by atoms with Gasteiger partial charge in [-0.3, -0.25) is 4.79 Å². The highest BCUT2D eigenvalue weighted by Crippen LogP contribution is 2.48. The minimum atomic E-state index is -0.0969. The number of hydrogen-bond donors (Lipinski definition) is 1. The maximum atomic E-state index is 13.6. The Labute approximate surface area is 202 Å². The highest BCUT2D eigenvalue weighted by Gasteiger charge is 2.32. The fourth-order valence-electron chi connectivity index (χ4n) is 4.37.